The first-order valence-corrected chi connectivity index (χ1v) is 5.96. The smallest absolute Gasteiger partial charge is 0.0487 e. The van der Waals surface area contributed by atoms with E-state index in [1.807, 2.05) is 0 Å². The van der Waals surface area contributed by atoms with Crippen molar-refractivity contribution in [1.29, 1.82) is 0 Å². The standard InChI is InChI=1S/C11H27N3O/c12-7-1-4-11(10-15,5-2-8-13)6-3-9-14/h15H,1-10,12-14H2. The van der Waals surface area contributed by atoms with Crippen LogP contribution in [0.5, 0.6) is 0 Å². The molecule has 0 heterocycles. The summed E-state index contributed by atoms with van der Waals surface area (Å²) in [5.74, 6) is 0. The molecule has 0 bridgehead atoms. The fourth-order valence-electron chi connectivity index (χ4n) is 2.04. The summed E-state index contributed by atoms with van der Waals surface area (Å²) in [6.07, 6.45) is 5.86. The maximum Gasteiger partial charge on any atom is 0.0487 e. The Morgan fingerprint density at radius 2 is 1.07 bits per heavy atom. The summed E-state index contributed by atoms with van der Waals surface area (Å²) in [4.78, 5) is 0. The quantitative estimate of drug-likeness (QED) is 0.419. The lowest BCUT2D eigenvalue weighted by Gasteiger charge is -2.32. The van der Waals surface area contributed by atoms with Crippen molar-refractivity contribution < 1.29 is 5.11 Å². The van der Waals surface area contributed by atoms with Gasteiger partial charge in [-0.1, -0.05) is 0 Å². The van der Waals surface area contributed by atoms with Crippen LogP contribution in [0.15, 0.2) is 0 Å². The molecule has 7 N–H and O–H groups in total. The SMILES string of the molecule is NCCCC(CO)(CCCN)CCCN. The summed E-state index contributed by atoms with van der Waals surface area (Å²) < 4.78 is 0. The van der Waals surface area contributed by atoms with E-state index in [1.165, 1.54) is 0 Å². The molecule has 92 valence electrons. The van der Waals surface area contributed by atoms with Crippen molar-refractivity contribution in [2.45, 2.75) is 38.5 Å². The molecule has 0 saturated carbocycles. The maximum atomic E-state index is 9.53. The van der Waals surface area contributed by atoms with Crippen LogP contribution in [0.2, 0.25) is 0 Å². The first-order chi connectivity index (χ1) is 7.24. The Bertz CT molecular complexity index is 120. The normalized spacial score (nSPS) is 12.0. The molecule has 0 fully saturated rings. The van der Waals surface area contributed by atoms with Gasteiger partial charge in [0.1, 0.15) is 0 Å². The largest absolute Gasteiger partial charge is 0.396 e. The third-order valence-corrected chi connectivity index (χ3v) is 3.07. The number of rotatable bonds is 10. The Morgan fingerprint density at radius 3 is 1.27 bits per heavy atom. The van der Waals surface area contributed by atoms with Crippen molar-refractivity contribution in [3.05, 3.63) is 0 Å². The van der Waals surface area contributed by atoms with Crippen LogP contribution in [0.4, 0.5) is 0 Å². The van der Waals surface area contributed by atoms with Crippen LogP contribution in [0.3, 0.4) is 0 Å². The van der Waals surface area contributed by atoms with Crippen LogP contribution < -0.4 is 17.2 Å². The predicted octanol–water partition coefficient (Wildman–Crippen LogP) is 0.182. The first-order valence-electron chi connectivity index (χ1n) is 5.96. The minimum Gasteiger partial charge on any atom is -0.396 e. The number of hydrogen-bond donors (Lipinski definition) is 4. The Morgan fingerprint density at radius 1 is 0.733 bits per heavy atom. The third kappa shape index (κ3) is 6.10. The molecule has 0 atom stereocenters. The second-order valence-electron chi connectivity index (χ2n) is 4.33. The number of aliphatic hydroxyl groups is 1. The van der Waals surface area contributed by atoms with E-state index in [1.54, 1.807) is 0 Å². The van der Waals surface area contributed by atoms with Gasteiger partial charge in [0.25, 0.3) is 0 Å². The van der Waals surface area contributed by atoms with Crippen molar-refractivity contribution in [2.24, 2.45) is 22.6 Å². The van der Waals surface area contributed by atoms with Gasteiger partial charge >= 0.3 is 0 Å². The molecule has 0 amide bonds. The molecule has 0 aromatic rings. The van der Waals surface area contributed by atoms with E-state index < -0.39 is 0 Å². The molecule has 0 saturated heterocycles. The van der Waals surface area contributed by atoms with E-state index in [0.717, 1.165) is 38.5 Å². The summed E-state index contributed by atoms with van der Waals surface area (Å²) in [5.41, 5.74) is 16.6. The molecule has 0 radical (unpaired) electrons. The fourth-order valence-corrected chi connectivity index (χ4v) is 2.04. The van der Waals surface area contributed by atoms with Crippen molar-refractivity contribution >= 4 is 0 Å². The van der Waals surface area contributed by atoms with Gasteiger partial charge in [0.2, 0.25) is 0 Å². The average molecular weight is 217 g/mol. The van der Waals surface area contributed by atoms with Gasteiger partial charge in [0.15, 0.2) is 0 Å². The molecule has 0 aromatic heterocycles. The highest BCUT2D eigenvalue weighted by molar-refractivity contribution is 4.79. The Hall–Kier alpha value is -0.160. The van der Waals surface area contributed by atoms with Crippen molar-refractivity contribution in [1.82, 2.24) is 0 Å². The zero-order valence-corrected chi connectivity index (χ0v) is 9.75. The summed E-state index contributed by atoms with van der Waals surface area (Å²) in [5, 5.41) is 9.53. The van der Waals surface area contributed by atoms with Gasteiger partial charge in [-0.25, -0.2) is 0 Å². The molecule has 0 aliphatic heterocycles. The van der Waals surface area contributed by atoms with Gasteiger partial charge < -0.3 is 22.3 Å². The number of aliphatic hydroxyl groups excluding tert-OH is 1. The van der Waals surface area contributed by atoms with E-state index >= 15 is 0 Å². The van der Waals surface area contributed by atoms with Crippen LogP contribution >= 0.6 is 0 Å². The van der Waals surface area contributed by atoms with E-state index in [-0.39, 0.29) is 12.0 Å². The second-order valence-corrected chi connectivity index (χ2v) is 4.33. The highest BCUT2D eigenvalue weighted by Gasteiger charge is 2.27. The van der Waals surface area contributed by atoms with Crippen LogP contribution in [0.1, 0.15) is 38.5 Å². The van der Waals surface area contributed by atoms with Gasteiger partial charge in [0, 0.05) is 6.61 Å². The predicted molar refractivity (Wildman–Crippen MR) is 64.4 cm³/mol. The van der Waals surface area contributed by atoms with Crippen molar-refractivity contribution in [2.75, 3.05) is 26.2 Å². The Labute approximate surface area is 93.2 Å². The summed E-state index contributed by atoms with van der Waals surface area (Å²) >= 11 is 0. The van der Waals surface area contributed by atoms with Gasteiger partial charge in [-0.3, -0.25) is 0 Å². The molecule has 0 aliphatic carbocycles. The molecular formula is C11H27N3O. The number of nitrogens with two attached hydrogens (primary N) is 3. The molecule has 0 spiro atoms. The summed E-state index contributed by atoms with van der Waals surface area (Å²) in [7, 11) is 0. The average Bonchev–Trinajstić information content (AvgIpc) is 2.29. The summed E-state index contributed by atoms with van der Waals surface area (Å²) in [6.45, 7) is 2.29. The number of hydrogen-bond acceptors (Lipinski definition) is 4. The molecule has 0 rings (SSSR count). The van der Waals surface area contributed by atoms with E-state index in [9.17, 15) is 5.11 Å². The minimum atomic E-state index is 0.0120. The van der Waals surface area contributed by atoms with E-state index in [0.29, 0.717) is 19.6 Å². The molecule has 0 unspecified atom stereocenters. The van der Waals surface area contributed by atoms with Crippen LogP contribution in [-0.2, 0) is 0 Å². The molecule has 4 heteroatoms. The maximum absolute atomic E-state index is 9.53. The van der Waals surface area contributed by atoms with Crippen molar-refractivity contribution in [3.63, 3.8) is 0 Å². The van der Waals surface area contributed by atoms with Crippen molar-refractivity contribution in [3.8, 4) is 0 Å². The molecule has 0 aromatic carbocycles. The molecular weight excluding hydrogens is 190 g/mol. The minimum absolute atomic E-state index is 0.0120. The first kappa shape index (κ1) is 14.8. The lowest BCUT2D eigenvalue weighted by molar-refractivity contribution is 0.0902. The van der Waals surface area contributed by atoms with Crippen LogP contribution in [0, 0.1) is 5.41 Å². The zero-order valence-electron chi connectivity index (χ0n) is 9.75. The Balaban J connectivity index is 4.16. The van der Waals surface area contributed by atoms with Gasteiger partial charge in [0.05, 0.1) is 0 Å². The topological polar surface area (TPSA) is 98.3 Å². The zero-order chi connectivity index (χ0) is 11.6. The lowest BCUT2D eigenvalue weighted by atomic mass is 9.76. The highest BCUT2D eigenvalue weighted by atomic mass is 16.3. The Kier molecular flexibility index (Phi) is 9.00. The fraction of sp³-hybridized carbons (Fsp3) is 1.00. The highest BCUT2D eigenvalue weighted by Crippen LogP contribution is 2.34. The summed E-state index contributed by atoms with van der Waals surface area (Å²) in [6, 6.07) is 0. The lowest BCUT2D eigenvalue weighted by Crippen LogP contribution is -2.28. The van der Waals surface area contributed by atoms with Gasteiger partial charge in [-0.2, -0.15) is 0 Å². The molecule has 4 nitrogen and oxygen atoms in total. The monoisotopic (exact) mass is 217 g/mol. The molecule has 0 aliphatic rings. The van der Waals surface area contributed by atoms with E-state index in [2.05, 4.69) is 0 Å². The van der Waals surface area contributed by atoms with Gasteiger partial charge in [-0.05, 0) is 63.6 Å². The van der Waals surface area contributed by atoms with Crippen LogP contribution in [0.25, 0.3) is 0 Å². The van der Waals surface area contributed by atoms with Gasteiger partial charge in [-0.15, -0.1) is 0 Å². The van der Waals surface area contributed by atoms with E-state index in [4.69, 9.17) is 17.2 Å². The molecule has 15 heavy (non-hydrogen) atoms. The third-order valence-electron chi connectivity index (χ3n) is 3.07. The van der Waals surface area contributed by atoms with Crippen LogP contribution in [-0.4, -0.2) is 31.3 Å². The second kappa shape index (κ2) is 9.09.